The van der Waals surface area contributed by atoms with Crippen molar-refractivity contribution in [3.8, 4) is 0 Å². The second kappa shape index (κ2) is 4.87. The van der Waals surface area contributed by atoms with Crippen molar-refractivity contribution < 1.29 is 5.11 Å². The van der Waals surface area contributed by atoms with E-state index in [4.69, 9.17) is 0 Å². The molecule has 0 radical (unpaired) electrons. The van der Waals surface area contributed by atoms with E-state index < -0.39 is 0 Å². The van der Waals surface area contributed by atoms with Crippen LogP contribution >= 0.6 is 0 Å². The third-order valence-corrected chi connectivity index (χ3v) is 5.46. The van der Waals surface area contributed by atoms with Gasteiger partial charge in [0.2, 0.25) is 0 Å². The molecule has 17 heavy (non-hydrogen) atoms. The van der Waals surface area contributed by atoms with Crippen molar-refractivity contribution in [2.24, 2.45) is 11.3 Å². The highest BCUT2D eigenvalue weighted by Crippen LogP contribution is 2.47. The summed E-state index contributed by atoms with van der Waals surface area (Å²) in [6.07, 6.45) is 7.92. The highest BCUT2D eigenvalue weighted by molar-refractivity contribution is 5.00. The van der Waals surface area contributed by atoms with Crippen molar-refractivity contribution in [3.05, 3.63) is 0 Å². The van der Waals surface area contributed by atoms with Crippen LogP contribution in [0.5, 0.6) is 0 Å². The quantitative estimate of drug-likeness (QED) is 0.759. The molecule has 3 fully saturated rings. The van der Waals surface area contributed by atoms with Gasteiger partial charge in [-0.15, -0.1) is 0 Å². The van der Waals surface area contributed by atoms with Gasteiger partial charge in [0.15, 0.2) is 0 Å². The van der Waals surface area contributed by atoms with Gasteiger partial charge in [0.1, 0.15) is 0 Å². The van der Waals surface area contributed by atoms with Crippen LogP contribution in [0, 0.1) is 11.3 Å². The molecule has 3 nitrogen and oxygen atoms in total. The maximum Gasteiger partial charge on any atom is 0.0502 e. The van der Waals surface area contributed by atoms with Crippen molar-refractivity contribution in [2.75, 3.05) is 32.8 Å². The van der Waals surface area contributed by atoms with Gasteiger partial charge in [0.25, 0.3) is 0 Å². The molecule has 3 rings (SSSR count). The molecule has 2 aliphatic heterocycles. The minimum atomic E-state index is 0.267. The molecule has 0 bridgehead atoms. The van der Waals surface area contributed by atoms with Crippen LogP contribution in [0.4, 0.5) is 0 Å². The number of aliphatic hydroxyl groups is 1. The van der Waals surface area contributed by atoms with E-state index in [9.17, 15) is 5.11 Å². The van der Waals surface area contributed by atoms with Crippen molar-refractivity contribution in [1.82, 2.24) is 10.2 Å². The molecule has 98 valence electrons. The molecule has 3 aliphatic rings. The van der Waals surface area contributed by atoms with Crippen LogP contribution < -0.4 is 5.32 Å². The standard InChI is InChI=1S/C14H26N2O/c17-11-14-6-2-1-3-12(14)9-16(10-14)13-4-7-15-8-5-13/h12-13,15,17H,1-11H2. The second-order valence-electron chi connectivity index (χ2n) is 6.37. The van der Waals surface area contributed by atoms with E-state index in [1.165, 1.54) is 64.7 Å². The Balaban J connectivity index is 1.69. The summed E-state index contributed by atoms with van der Waals surface area (Å²) < 4.78 is 0. The van der Waals surface area contributed by atoms with Gasteiger partial charge in [-0.25, -0.2) is 0 Å². The first-order chi connectivity index (χ1) is 8.34. The third-order valence-electron chi connectivity index (χ3n) is 5.46. The van der Waals surface area contributed by atoms with Crippen molar-refractivity contribution in [1.29, 1.82) is 0 Å². The van der Waals surface area contributed by atoms with Crippen LogP contribution in [-0.4, -0.2) is 48.8 Å². The van der Waals surface area contributed by atoms with Crippen LogP contribution in [0.2, 0.25) is 0 Å². The number of piperidine rings is 1. The number of hydrogen-bond acceptors (Lipinski definition) is 3. The summed E-state index contributed by atoms with van der Waals surface area (Å²) in [6, 6.07) is 0.783. The van der Waals surface area contributed by atoms with E-state index in [-0.39, 0.29) is 5.41 Å². The van der Waals surface area contributed by atoms with Gasteiger partial charge < -0.3 is 10.4 Å². The number of likely N-dealkylation sites (tertiary alicyclic amines) is 1. The zero-order valence-electron chi connectivity index (χ0n) is 10.8. The number of hydrogen-bond donors (Lipinski definition) is 2. The third kappa shape index (κ3) is 2.13. The molecule has 3 heteroatoms. The number of rotatable bonds is 2. The summed E-state index contributed by atoms with van der Waals surface area (Å²) in [5.74, 6) is 0.774. The first-order valence-electron chi connectivity index (χ1n) is 7.40. The van der Waals surface area contributed by atoms with Crippen molar-refractivity contribution in [2.45, 2.75) is 44.6 Å². The average molecular weight is 238 g/mol. The Morgan fingerprint density at radius 3 is 2.71 bits per heavy atom. The van der Waals surface area contributed by atoms with Crippen molar-refractivity contribution in [3.63, 3.8) is 0 Å². The molecule has 0 amide bonds. The van der Waals surface area contributed by atoms with Gasteiger partial charge in [-0.2, -0.15) is 0 Å². The molecule has 0 aromatic heterocycles. The number of aliphatic hydroxyl groups excluding tert-OH is 1. The lowest BCUT2D eigenvalue weighted by molar-refractivity contribution is 0.0551. The number of nitrogens with one attached hydrogen (secondary N) is 1. The molecule has 2 atom stereocenters. The summed E-state index contributed by atoms with van der Waals surface area (Å²) in [7, 11) is 0. The fraction of sp³-hybridized carbons (Fsp3) is 1.00. The number of fused-ring (bicyclic) bond motifs is 1. The lowest BCUT2D eigenvalue weighted by atomic mass is 9.69. The molecule has 1 aliphatic carbocycles. The Labute approximate surface area is 105 Å². The topological polar surface area (TPSA) is 35.5 Å². The summed E-state index contributed by atoms with van der Waals surface area (Å²) >= 11 is 0. The van der Waals surface area contributed by atoms with Crippen LogP contribution in [0.15, 0.2) is 0 Å². The highest BCUT2D eigenvalue weighted by atomic mass is 16.3. The van der Waals surface area contributed by atoms with Crippen LogP contribution in [0.3, 0.4) is 0 Å². The molecule has 0 aromatic carbocycles. The fourth-order valence-corrected chi connectivity index (χ4v) is 4.33. The Morgan fingerprint density at radius 1 is 1.18 bits per heavy atom. The summed E-state index contributed by atoms with van der Waals surface area (Å²) in [6.45, 7) is 5.19. The maximum atomic E-state index is 9.83. The predicted octanol–water partition coefficient (Wildman–Crippen LogP) is 1.22. The lowest BCUT2D eigenvalue weighted by Gasteiger charge is -2.37. The summed E-state index contributed by atoms with van der Waals surface area (Å²) in [5.41, 5.74) is 0.267. The normalized spacial score (nSPS) is 40.4. The first kappa shape index (κ1) is 11.9. The van der Waals surface area contributed by atoms with Crippen LogP contribution in [0.1, 0.15) is 38.5 Å². The van der Waals surface area contributed by atoms with Gasteiger partial charge in [-0.3, -0.25) is 4.90 Å². The Hall–Kier alpha value is -0.120. The van der Waals surface area contributed by atoms with E-state index in [0.29, 0.717) is 6.61 Å². The van der Waals surface area contributed by atoms with Crippen molar-refractivity contribution >= 4 is 0 Å². The van der Waals surface area contributed by atoms with Gasteiger partial charge in [0.05, 0.1) is 6.61 Å². The molecular formula is C14H26N2O. The Kier molecular flexibility index (Phi) is 3.42. The Bertz CT molecular complexity index is 265. The Morgan fingerprint density at radius 2 is 2.00 bits per heavy atom. The molecular weight excluding hydrogens is 212 g/mol. The van der Waals surface area contributed by atoms with E-state index >= 15 is 0 Å². The van der Waals surface area contributed by atoms with E-state index in [1.807, 2.05) is 0 Å². The molecule has 0 aromatic rings. The van der Waals surface area contributed by atoms with Gasteiger partial charge >= 0.3 is 0 Å². The summed E-state index contributed by atoms with van der Waals surface area (Å²) in [4.78, 5) is 2.70. The minimum absolute atomic E-state index is 0.267. The molecule has 2 N–H and O–H groups in total. The lowest BCUT2D eigenvalue weighted by Crippen LogP contribution is -2.43. The van der Waals surface area contributed by atoms with E-state index in [2.05, 4.69) is 10.2 Å². The smallest absolute Gasteiger partial charge is 0.0502 e. The average Bonchev–Trinajstić information content (AvgIpc) is 2.80. The maximum absolute atomic E-state index is 9.83. The van der Waals surface area contributed by atoms with Gasteiger partial charge in [-0.05, 0) is 44.7 Å². The largest absolute Gasteiger partial charge is 0.396 e. The van der Waals surface area contributed by atoms with Crippen LogP contribution in [-0.2, 0) is 0 Å². The minimum Gasteiger partial charge on any atom is -0.396 e. The highest BCUT2D eigenvalue weighted by Gasteiger charge is 2.48. The fourth-order valence-electron chi connectivity index (χ4n) is 4.33. The molecule has 2 heterocycles. The second-order valence-corrected chi connectivity index (χ2v) is 6.37. The SMILES string of the molecule is OCC12CCCCC1CN(C1CCNCC1)C2. The monoisotopic (exact) mass is 238 g/mol. The number of nitrogens with zero attached hydrogens (tertiary/aromatic N) is 1. The predicted molar refractivity (Wildman–Crippen MR) is 68.9 cm³/mol. The zero-order chi connectivity index (χ0) is 11.7. The molecule has 0 spiro atoms. The van der Waals surface area contributed by atoms with E-state index in [0.717, 1.165) is 12.0 Å². The van der Waals surface area contributed by atoms with E-state index in [1.54, 1.807) is 0 Å². The van der Waals surface area contributed by atoms with Crippen LogP contribution in [0.25, 0.3) is 0 Å². The molecule has 1 saturated carbocycles. The summed E-state index contributed by atoms with van der Waals surface area (Å²) in [5, 5.41) is 13.3. The zero-order valence-corrected chi connectivity index (χ0v) is 10.8. The van der Waals surface area contributed by atoms with Gasteiger partial charge in [0, 0.05) is 24.5 Å². The molecule has 2 unspecified atom stereocenters. The van der Waals surface area contributed by atoms with Gasteiger partial charge in [-0.1, -0.05) is 12.8 Å². The first-order valence-corrected chi connectivity index (χ1v) is 7.40. The molecule has 2 saturated heterocycles.